The summed E-state index contributed by atoms with van der Waals surface area (Å²) < 4.78 is 34.0. The first kappa shape index (κ1) is 17.8. The number of nitrogens with zero attached hydrogens (tertiary/aromatic N) is 2. The van der Waals surface area contributed by atoms with Crippen LogP contribution < -0.4 is 4.72 Å². The van der Waals surface area contributed by atoms with Gasteiger partial charge in [0.15, 0.2) is 0 Å². The number of hydrogen-bond acceptors (Lipinski definition) is 5. The molecule has 0 bridgehead atoms. The number of methoxy groups -OCH3 is 1. The van der Waals surface area contributed by atoms with Crippen LogP contribution in [0.1, 0.15) is 11.6 Å². The van der Waals surface area contributed by atoms with Gasteiger partial charge in [-0.15, -0.1) is 0 Å². The topological polar surface area (TPSA) is 90.3 Å². The monoisotopic (exact) mass is 371 g/mol. The van der Waals surface area contributed by atoms with Gasteiger partial charge >= 0.3 is 5.97 Å². The predicted octanol–water partition coefficient (Wildman–Crippen LogP) is 2.06. The fourth-order valence-electron chi connectivity index (χ4n) is 2.41. The van der Waals surface area contributed by atoms with Crippen LogP contribution in [0.25, 0.3) is 5.69 Å². The van der Waals surface area contributed by atoms with Gasteiger partial charge in [0.25, 0.3) is 0 Å². The molecule has 1 heterocycles. The van der Waals surface area contributed by atoms with Crippen LogP contribution in [0.15, 0.2) is 78.0 Å². The number of benzene rings is 2. The van der Waals surface area contributed by atoms with Gasteiger partial charge < -0.3 is 4.74 Å². The minimum Gasteiger partial charge on any atom is -0.468 e. The lowest BCUT2D eigenvalue weighted by Crippen LogP contribution is -2.34. The average molecular weight is 371 g/mol. The zero-order chi connectivity index (χ0) is 18.6. The lowest BCUT2D eigenvalue weighted by molar-refractivity contribution is -0.142. The number of carbonyl (C=O) groups excluding carboxylic acids is 1. The molecule has 2 aromatic carbocycles. The Labute approximate surface area is 151 Å². The molecule has 1 N–H and O–H groups in total. The fraction of sp³-hybridized carbons (Fsp3) is 0.111. The molecule has 0 fully saturated rings. The van der Waals surface area contributed by atoms with Gasteiger partial charge in [0, 0.05) is 0 Å². The molecular formula is C18H17N3O4S. The number of aromatic nitrogens is 2. The third-order valence-electron chi connectivity index (χ3n) is 3.73. The molecule has 1 atom stereocenters. The number of nitrogens with one attached hydrogen (secondary N) is 1. The van der Waals surface area contributed by atoms with Gasteiger partial charge in [-0.3, -0.25) is 0 Å². The number of rotatable bonds is 6. The van der Waals surface area contributed by atoms with Gasteiger partial charge in [0.2, 0.25) is 10.0 Å². The molecule has 0 aliphatic rings. The van der Waals surface area contributed by atoms with Gasteiger partial charge in [0.1, 0.15) is 10.9 Å². The van der Waals surface area contributed by atoms with Gasteiger partial charge in [-0.2, -0.15) is 9.82 Å². The summed E-state index contributed by atoms with van der Waals surface area (Å²) in [5.41, 5.74) is 1.21. The lowest BCUT2D eigenvalue weighted by atomic mass is 10.1. The third kappa shape index (κ3) is 3.81. The minimum absolute atomic E-state index is 0.0498. The predicted molar refractivity (Wildman–Crippen MR) is 95.1 cm³/mol. The fourth-order valence-corrected chi connectivity index (χ4v) is 3.51. The van der Waals surface area contributed by atoms with Crippen molar-refractivity contribution in [2.75, 3.05) is 7.11 Å². The number of sulfonamides is 1. The third-order valence-corrected chi connectivity index (χ3v) is 5.11. The highest BCUT2D eigenvalue weighted by Gasteiger charge is 2.28. The molecule has 8 heteroatoms. The zero-order valence-corrected chi connectivity index (χ0v) is 14.8. The van der Waals surface area contributed by atoms with Gasteiger partial charge in [-0.1, -0.05) is 48.5 Å². The van der Waals surface area contributed by atoms with Crippen molar-refractivity contribution in [2.45, 2.75) is 10.9 Å². The van der Waals surface area contributed by atoms with E-state index in [-0.39, 0.29) is 4.90 Å². The summed E-state index contributed by atoms with van der Waals surface area (Å²) in [6.07, 6.45) is 2.62. The van der Waals surface area contributed by atoms with E-state index in [4.69, 9.17) is 4.74 Å². The first-order valence-electron chi connectivity index (χ1n) is 7.76. The van der Waals surface area contributed by atoms with Crippen molar-refractivity contribution in [1.29, 1.82) is 0 Å². The standard InChI is InChI=1S/C18H17N3O4S/c1-25-18(22)17(14-8-4-2-5-9-14)20-26(23,24)16-12-19-21(13-16)15-10-6-3-7-11-15/h2-13,17,20H,1H3. The second-order valence-electron chi connectivity index (χ2n) is 5.44. The Bertz CT molecular complexity index is 986. The highest BCUT2D eigenvalue weighted by Crippen LogP contribution is 2.19. The van der Waals surface area contributed by atoms with Crippen LogP contribution in [0.5, 0.6) is 0 Å². The van der Waals surface area contributed by atoms with Crippen LogP contribution in [0.3, 0.4) is 0 Å². The molecule has 0 aliphatic carbocycles. The van der Waals surface area contributed by atoms with E-state index in [1.807, 2.05) is 18.2 Å². The molecular weight excluding hydrogens is 354 g/mol. The molecule has 0 aliphatic heterocycles. The van der Waals surface area contributed by atoms with E-state index < -0.39 is 22.0 Å². The lowest BCUT2D eigenvalue weighted by Gasteiger charge is -2.16. The van der Waals surface area contributed by atoms with E-state index in [9.17, 15) is 13.2 Å². The maximum Gasteiger partial charge on any atom is 0.328 e. The average Bonchev–Trinajstić information content (AvgIpc) is 3.18. The maximum atomic E-state index is 12.7. The molecule has 0 amide bonds. The first-order chi connectivity index (χ1) is 12.5. The van der Waals surface area contributed by atoms with Crippen molar-refractivity contribution in [2.24, 2.45) is 0 Å². The zero-order valence-electron chi connectivity index (χ0n) is 13.9. The van der Waals surface area contributed by atoms with E-state index in [2.05, 4.69) is 9.82 Å². The number of carbonyl (C=O) groups is 1. The van der Waals surface area contributed by atoms with Crippen molar-refractivity contribution < 1.29 is 17.9 Å². The van der Waals surface area contributed by atoms with Crippen molar-refractivity contribution in [3.05, 3.63) is 78.6 Å². The molecule has 0 spiro atoms. The van der Waals surface area contributed by atoms with E-state index >= 15 is 0 Å². The first-order valence-corrected chi connectivity index (χ1v) is 9.25. The van der Waals surface area contributed by atoms with Crippen molar-refractivity contribution in [1.82, 2.24) is 14.5 Å². The van der Waals surface area contributed by atoms with Crippen molar-refractivity contribution in [3.63, 3.8) is 0 Å². The van der Waals surface area contributed by atoms with E-state index in [1.165, 1.54) is 24.2 Å². The highest BCUT2D eigenvalue weighted by molar-refractivity contribution is 7.89. The molecule has 3 aromatic rings. The summed E-state index contributed by atoms with van der Waals surface area (Å²) in [7, 11) is -2.78. The second kappa shape index (κ2) is 7.51. The molecule has 134 valence electrons. The summed E-state index contributed by atoms with van der Waals surface area (Å²) in [6, 6.07) is 16.5. The number of esters is 1. The van der Waals surface area contributed by atoms with Crippen LogP contribution in [-0.4, -0.2) is 31.3 Å². The molecule has 0 saturated heterocycles. The Kier molecular flexibility index (Phi) is 5.15. The molecule has 0 radical (unpaired) electrons. The van der Waals surface area contributed by atoms with Gasteiger partial charge in [-0.05, 0) is 17.7 Å². The van der Waals surface area contributed by atoms with Crippen LogP contribution in [0, 0.1) is 0 Å². The largest absolute Gasteiger partial charge is 0.468 e. The Morgan fingerprint density at radius 2 is 1.69 bits per heavy atom. The van der Waals surface area contributed by atoms with E-state index in [1.54, 1.807) is 42.5 Å². The minimum atomic E-state index is -3.98. The summed E-state index contributed by atoms with van der Waals surface area (Å²) >= 11 is 0. The van der Waals surface area contributed by atoms with Crippen LogP contribution in [0.4, 0.5) is 0 Å². The Morgan fingerprint density at radius 3 is 2.31 bits per heavy atom. The SMILES string of the molecule is COC(=O)C(NS(=O)(=O)c1cnn(-c2ccccc2)c1)c1ccccc1. The Hall–Kier alpha value is -2.97. The molecule has 0 saturated carbocycles. The second-order valence-corrected chi connectivity index (χ2v) is 7.16. The maximum absolute atomic E-state index is 12.7. The quantitative estimate of drug-likeness (QED) is 0.670. The van der Waals surface area contributed by atoms with Gasteiger partial charge in [-0.25, -0.2) is 17.9 Å². The molecule has 1 unspecified atom stereocenters. The van der Waals surface area contributed by atoms with Crippen molar-refractivity contribution in [3.8, 4) is 5.69 Å². The number of para-hydroxylation sites is 1. The van der Waals surface area contributed by atoms with Crippen LogP contribution >= 0.6 is 0 Å². The number of ether oxygens (including phenoxy) is 1. The van der Waals surface area contributed by atoms with Crippen molar-refractivity contribution >= 4 is 16.0 Å². The van der Waals surface area contributed by atoms with Crippen LogP contribution in [-0.2, 0) is 19.6 Å². The van der Waals surface area contributed by atoms with E-state index in [0.29, 0.717) is 5.56 Å². The summed E-state index contributed by atoms with van der Waals surface area (Å²) in [5.74, 6) is -0.699. The normalized spacial score (nSPS) is 12.5. The highest BCUT2D eigenvalue weighted by atomic mass is 32.2. The van der Waals surface area contributed by atoms with E-state index in [0.717, 1.165) is 5.69 Å². The summed E-state index contributed by atoms with van der Waals surface area (Å²) in [5, 5.41) is 4.08. The van der Waals surface area contributed by atoms with Gasteiger partial charge in [0.05, 0.1) is 25.2 Å². The molecule has 1 aromatic heterocycles. The Balaban J connectivity index is 1.90. The smallest absolute Gasteiger partial charge is 0.328 e. The molecule has 3 rings (SSSR count). The summed E-state index contributed by atoms with van der Waals surface area (Å²) in [4.78, 5) is 12.0. The van der Waals surface area contributed by atoms with Crippen LogP contribution in [0.2, 0.25) is 0 Å². The molecule has 26 heavy (non-hydrogen) atoms. The Morgan fingerprint density at radius 1 is 1.08 bits per heavy atom. The molecule has 7 nitrogen and oxygen atoms in total. The summed E-state index contributed by atoms with van der Waals surface area (Å²) in [6.45, 7) is 0. The number of hydrogen-bond donors (Lipinski definition) is 1.